The van der Waals surface area contributed by atoms with Gasteiger partial charge in [0.05, 0.1) is 0 Å². The summed E-state index contributed by atoms with van der Waals surface area (Å²) in [7, 11) is 0. The van der Waals surface area contributed by atoms with Crippen LogP contribution < -0.4 is 5.32 Å². The molecule has 0 atom stereocenters. The van der Waals surface area contributed by atoms with Crippen LogP contribution in [0.5, 0.6) is 0 Å². The number of carbonyl (C=O) groups excluding carboxylic acids is 1. The number of hydrogen-bond acceptors (Lipinski definition) is 2. The molecule has 0 aromatic heterocycles. The second-order valence-corrected chi connectivity index (χ2v) is 4.10. The summed E-state index contributed by atoms with van der Waals surface area (Å²) in [6.07, 6.45) is 3.86. The summed E-state index contributed by atoms with van der Waals surface area (Å²) in [4.78, 5) is 21.9. The van der Waals surface area contributed by atoms with Crippen LogP contribution in [0.25, 0.3) is 6.08 Å². The standard InChI is InChI=1S/C14H17NO3/c1-3-4-13(16)15-12-8-10(2)7-11(9-12)5-6-14(17)18/h5-9H,3-4H2,1-2H3,(H,15,16)(H,17,18)/b6-5+. The fourth-order valence-corrected chi connectivity index (χ4v) is 1.60. The van der Waals surface area contributed by atoms with Crippen molar-refractivity contribution >= 4 is 23.6 Å². The second-order valence-electron chi connectivity index (χ2n) is 4.10. The van der Waals surface area contributed by atoms with Gasteiger partial charge >= 0.3 is 5.97 Å². The third kappa shape index (κ3) is 4.82. The van der Waals surface area contributed by atoms with Crippen LogP contribution in [0.4, 0.5) is 5.69 Å². The van der Waals surface area contributed by atoms with E-state index in [-0.39, 0.29) is 5.91 Å². The maximum absolute atomic E-state index is 11.5. The number of carbonyl (C=O) groups is 2. The van der Waals surface area contributed by atoms with Gasteiger partial charge in [0, 0.05) is 18.2 Å². The molecular formula is C14H17NO3. The summed E-state index contributed by atoms with van der Waals surface area (Å²) in [5.74, 6) is -1.02. The molecular weight excluding hydrogens is 230 g/mol. The molecule has 1 aromatic carbocycles. The smallest absolute Gasteiger partial charge is 0.328 e. The van der Waals surface area contributed by atoms with E-state index in [1.54, 1.807) is 6.07 Å². The summed E-state index contributed by atoms with van der Waals surface area (Å²) in [5.41, 5.74) is 2.41. The first kappa shape index (κ1) is 14.0. The molecule has 4 heteroatoms. The number of anilines is 1. The normalized spacial score (nSPS) is 10.6. The number of hydrogen-bond donors (Lipinski definition) is 2. The lowest BCUT2D eigenvalue weighted by Gasteiger charge is -2.07. The maximum atomic E-state index is 11.5. The fraction of sp³-hybridized carbons (Fsp3) is 0.286. The molecule has 0 unspecified atom stereocenters. The first-order valence-electron chi connectivity index (χ1n) is 5.84. The molecule has 0 saturated carbocycles. The van der Waals surface area contributed by atoms with Gasteiger partial charge in [0.15, 0.2) is 0 Å². The van der Waals surface area contributed by atoms with Gasteiger partial charge in [-0.2, -0.15) is 0 Å². The van der Waals surface area contributed by atoms with Crippen molar-refractivity contribution in [3.8, 4) is 0 Å². The number of aliphatic carboxylic acids is 1. The monoisotopic (exact) mass is 247 g/mol. The van der Waals surface area contributed by atoms with Gasteiger partial charge in [-0.25, -0.2) is 4.79 Å². The Morgan fingerprint density at radius 3 is 2.67 bits per heavy atom. The summed E-state index contributed by atoms with van der Waals surface area (Å²) < 4.78 is 0. The minimum atomic E-state index is -0.993. The largest absolute Gasteiger partial charge is 0.478 e. The Morgan fingerprint density at radius 2 is 2.06 bits per heavy atom. The average molecular weight is 247 g/mol. The molecule has 0 bridgehead atoms. The molecule has 2 N–H and O–H groups in total. The van der Waals surface area contributed by atoms with E-state index < -0.39 is 5.97 Å². The third-order valence-electron chi connectivity index (χ3n) is 2.28. The molecule has 0 heterocycles. The van der Waals surface area contributed by atoms with Crippen molar-refractivity contribution in [2.75, 3.05) is 5.32 Å². The lowest BCUT2D eigenvalue weighted by Crippen LogP contribution is -2.10. The van der Waals surface area contributed by atoms with Gasteiger partial charge in [-0.15, -0.1) is 0 Å². The van der Waals surface area contributed by atoms with E-state index in [1.165, 1.54) is 6.08 Å². The van der Waals surface area contributed by atoms with Gasteiger partial charge in [-0.1, -0.05) is 13.0 Å². The predicted octanol–water partition coefficient (Wildman–Crippen LogP) is 2.83. The zero-order valence-corrected chi connectivity index (χ0v) is 10.6. The van der Waals surface area contributed by atoms with Crippen molar-refractivity contribution in [3.63, 3.8) is 0 Å². The average Bonchev–Trinajstić information content (AvgIpc) is 2.25. The van der Waals surface area contributed by atoms with Crippen LogP contribution in [-0.4, -0.2) is 17.0 Å². The lowest BCUT2D eigenvalue weighted by atomic mass is 10.1. The molecule has 0 aliphatic heterocycles. The van der Waals surface area contributed by atoms with Crippen LogP contribution in [0, 0.1) is 6.92 Å². The topological polar surface area (TPSA) is 66.4 Å². The number of amides is 1. The molecule has 18 heavy (non-hydrogen) atoms. The van der Waals surface area contributed by atoms with E-state index in [9.17, 15) is 9.59 Å². The summed E-state index contributed by atoms with van der Waals surface area (Å²) in [6.45, 7) is 3.84. The highest BCUT2D eigenvalue weighted by molar-refractivity contribution is 5.91. The number of aryl methyl sites for hydroxylation is 1. The molecule has 1 amide bonds. The first-order chi connectivity index (χ1) is 8.51. The van der Waals surface area contributed by atoms with Crippen LogP contribution in [-0.2, 0) is 9.59 Å². The number of carboxylic acid groups (broad SMARTS) is 1. The van der Waals surface area contributed by atoms with E-state index in [2.05, 4.69) is 5.32 Å². The molecule has 0 aliphatic carbocycles. The molecule has 0 aliphatic rings. The van der Waals surface area contributed by atoms with Crippen LogP contribution in [0.3, 0.4) is 0 Å². The summed E-state index contributed by atoms with van der Waals surface area (Å²) >= 11 is 0. The quantitative estimate of drug-likeness (QED) is 0.786. The van der Waals surface area contributed by atoms with Crippen molar-refractivity contribution in [2.24, 2.45) is 0 Å². The predicted molar refractivity (Wildman–Crippen MR) is 71.4 cm³/mol. The Kier molecular flexibility index (Phi) is 5.11. The zero-order valence-electron chi connectivity index (χ0n) is 10.6. The third-order valence-corrected chi connectivity index (χ3v) is 2.28. The van der Waals surface area contributed by atoms with Gasteiger partial charge < -0.3 is 10.4 Å². The zero-order chi connectivity index (χ0) is 13.5. The SMILES string of the molecule is CCCC(=O)Nc1cc(C)cc(/C=C/C(=O)O)c1. The van der Waals surface area contributed by atoms with E-state index in [4.69, 9.17) is 5.11 Å². The molecule has 0 fully saturated rings. The molecule has 96 valence electrons. The van der Waals surface area contributed by atoms with Crippen molar-refractivity contribution in [1.29, 1.82) is 0 Å². The summed E-state index contributed by atoms with van der Waals surface area (Å²) in [5, 5.41) is 11.4. The van der Waals surface area contributed by atoms with Crippen molar-refractivity contribution in [2.45, 2.75) is 26.7 Å². The van der Waals surface area contributed by atoms with E-state index in [1.807, 2.05) is 26.0 Å². The van der Waals surface area contributed by atoms with Gasteiger partial charge in [-0.05, 0) is 42.7 Å². The molecule has 1 rings (SSSR count). The van der Waals surface area contributed by atoms with E-state index >= 15 is 0 Å². The van der Waals surface area contributed by atoms with Crippen LogP contribution in [0.2, 0.25) is 0 Å². The highest BCUT2D eigenvalue weighted by Crippen LogP contribution is 2.16. The fourth-order valence-electron chi connectivity index (χ4n) is 1.60. The van der Waals surface area contributed by atoms with Crippen LogP contribution in [0.15, 0.2) is 24.3 Å². The minimum Gasteiger partial charge on any atom is -0.478 e. The minimum absolute atomic E-state index is 0.0312. The Morgan fingerprint density at radius 1 is 1.33 bits per heavy atom. The van der Waals surface area contributed by atoms with Gasteiger partial charge in [-0.3, -0.25) is 4.79 Å². The lowest BCUT2D eigenvalue weighted by molar-refractivity contribution is -0.131. The Balaban J connectivity index is 2.87. The van der Waals surface area contributed by atoms with Gasteiger partial charge in [0.1, 0.15) is 0 Å². The van der Waals surface area contributed by atoms with Crippen molar-refractivity contribution < 1.29 is 14.7 Å². The van der Waals surface area contributed by atoms with Crippen molar-refractivity contribution in [1.82, 2.24) is 0 Å². The van der Waals surface area contributed by atoms with Crippen molar-refractivity contribution in [3.05, 3.63) is 35.4 Å². The highest BCUT2D eigenvalue weighted by Gasteiger charge is 2.02. The molecule has 0 spiro atoms. The molecule has 4 nitrogen and oxygen atoms in total. The number of carboxylic acids is 1. The second kappa shape index (κ2) is 6.59. The van der Waals surface area contributed by atoms with E-state index in [0.29, 0.717) is 12.1 Å². The maximum Gasteiger partial charge on any atom is 0.328 e. The molecule has 1 aromatic rings. The van der Waals surface area contributed by atoms with E-state index in [0.717, 1.165) is 23.6 Å². The number of benzene rings is 1. The van der Waals surface area contributed by atoms with Gasteiger partial charge in [0.2, 0.25) is 5.91 Å². The van der Waals surface area contributed by atoms with Crippen LogP contribution >= 0.6 is 0 Å². The van der Waals surface area contributed by atoms with Crippen LogP contribution in [0.1, 0.15) is 30.9 Å². The highest BCUT2D eigenvalue weighted by atomic mass is 16.4. The van der Waals surface area contributed by atoms with Gasteiger partial charge in [0.25, 0.3) is 0 Å². The molecule has 0 saturated heterocycles. The number of rotatable bonds is 5. The Hall–Kier alpha value is -2.10. The Labute approximate surface area is 106 Å². The Bertz CT molecular complexity index is 478. The molecule has 0 radical (unpaired) electrons. The summed E-state index contributed by atoms with van der Waals surface area (Å²) in [6, 6.07) is 5.46. The number of nitrogens with one attached hydrogen (secondary N) is 1. The first-order valence-corrected chi connectivity index (χ1v) is 5.84.